The van der Waals surface area contributed by atoms with Crippen molar-refractivity contribution in [2.75, 3.05) is 0 Å². The number of carboxylic acid groups (broad SMARTS) is 1. The average Bonchev–Trinajstić information content (AvgIpc) is 2.11. The number of carbonyl (C=O) groups is 2. The molecule has 3 nitrogen and oxygen atoms in total. The highest BCUT2D eigenvalue weighted by atomic mass is 32.1. The molecular formula is C11H20O3S. The molecule has 15 heavy (non-hydrogen) atoms. The maximum absolute atomic E-state index is 11.1. The van der Waals surface area contributed by atoms with Crippen molar-refractivity contribution in [3.8, 4) is 0 Å². The summed E-state index contributed by atoms with van der Waals surface area (Å²) in [5.74, 6) is -2.31. The molecule has 2 atom stereocenters. The standard InChI is InChI=1S/C11H20O3S/c1-3-4-5-6-7-9(15)10(8(2)12)11(13)14/h9-10,15H,3-7H2,1-2H3,(H,13,14). The van der Waals surface area contributed by atoms with Crippen molar-refractivity contribution in [2.45, 2.75) is 51.2 Å². The second-order valence-electron chi connectivity index (χ2n) is 3.84. The van der Waals surface area contributed by atoms with Gasteiger partial charge in [-0.2, -0.15) is 12.6 Å². The normalized spacial score (nSPS) is 14.6. The summed E-state index contributed by atoms with van der Waals surface area (Å²) in [6.45, 7) is 3.43. The molecule has 0 aliphatic rings. The third kappa shape index (κ3) is 5.82. The van der Waals surface area contributed by atoms with Crippen LogP contribution in [0.3, 0.4) is 0 Å². The first-order valence-electron chi connectivity index (χ1n) is 5.42. The van der Waals surface area contributed by atoms with Crippen LogP contribution in [0.2, 0.25) is 0 Å². The first-order chi connectivity index (χ1) is 7.00. The quantitative estimate of drug-likeness (QED) is 0.384. The van der Waals surface area contributed by atoms with Gasteiger partial charge in [-0.05, 0) is 13.3 Å². The van der Waals surface area contributed by atoms with Gasteiger partial charge in [-0.15, -0.1) is 0 Å². The Morgan fingerprint density at radius 3 is 2.27 bits per heavy atom. The smallest absolute Gasteiger partial charge is 0.315 e. The van der Waals surface area contributed by atoms with Gasteiger partial charge < -0.3 is 5.11 Å². The zero-order valence-electron chi connectivity index (χ0n) is 9.40. The highest BCUT2D eigenvalue weighted by Crippen LogP contribution is 2.19. The summed E-state index contributed by atoms with van der Waals surface area (Å²) in [6, 6.07) is 0. The zero-order chi connectivity index (χ0) is 11.8. The topological polar surface area (TPSA) is 54.4 Å². The molecular weight excluding hydrogens is 212 g/mol. The number of hydrogen-bond acceptors (Lipinski definition) is 3. The van der Waals surface area contributed by atoms with Gasteiger partial charge in [0.15, 0.2) is 0 Å². The molecule has 0 spiro atoms. The number of rotatable bonds is 8. The largest absolute Gasteiger partial charge is 0.481 e. The predicted octanol–water partition coefficient (Wildman–Crippen LogP) is 2.54. The second-order valence-corrected chi connectivity index (χ2v) is 4.51. The van der Waals surface area contributed by atoms with Crippen LogP contribution >= 0.6 is 12.6 Å². The number of carboxylic acids is 1. The summed E-state index contributed by atoms with van der Waals surface area (Å²) in [5, 5.41) is 8.50. The Bertz CT molecular complexity index is 202. The Hall–Kier alpha value is -0.510. The van der Waals surface area contributed by atoms with Crippen LogP contribution < -0.4 is 0 Å². The predicted molar refractivity (Wildman–Crippen MR) is 63.3 cm³/mol. The van der Waals surface area contributed by atoms with Crippen molar-refractivity contribution in [1.29, 1.82) is 0 Å². The van der Waals surface area contributed by atoms with E-state index in [9.17, 15) is 9.59 Å². The summed E-state index contributed by atoms with van der Waals surface area (Å²) in [6.07, 6.45) is 5.02. The van der Waals surface area contributed by atoms with E-state index in [2.05, 4.69) is 19.6 Å². The number of unbranched alkanes of at least 4 members (excludes halogenated alkanes) is 3. The first kappa shape index (κ1) is 14.5. The van der Waals surface area contributed by atoms with Crippen molar-refractivity contribution >= 4 is 24.4 Å². The van der Waals surface area contributed by atoms with Gasteiger partial charge in [-0.25, -0.2) is 0 Å². The maximum atomic E-state index is 11.1. The van der Waals surface area contributed by atoms with E-state index >= 15 is 0 Å². The SMILES string of the molecule is CCCCCCC(S)C(C(C)=O)C(=O)O. The average molecular weight is 232 g/mol. The molecule has 0 heterocycles. The van der Waals surface area contributed by atoms with Gasteiger partial charge in [0.2, 0.25) is 0 Å². The zero-order valence-corrected chi connectivity index (χ0v) is 10.3. The van der Waals surface area contributed by atoms with Crippen LogP contribution in [0.25, 0.3) is 0 Å². The van der Waals surface area contributed by atoms with Crippen LogP contribution in [0.15, 0.2) is 0 Å². The summed E-state index contributed by atoms with van der Waals surface area (Å²) < 4.78 is 0. The molecule has 0 aromatic heterocycles. The van der Waals surface area contributed by atoms with Gasteiger partial charge in [0.25, 0.3) is 0 Å². The Labute approximate surface area is 96.7 Å². The fourth-order valence-electron chi connectivity index (χ4n) is 1.56. The van der Waals surface area contributed by atoms with E-state index in [0.717, 1.165) is 25.7 Å². The van der Waals surface area contributed by atoms with Crippen LogP contribution in [0, 0.1) is 5.92 Å². The minimum atomic E-state index is -1.06. The van der Waals surface area contributed by atoms with E-state index in [-0.39, 0.29) is 11.0 Å². The monoisotopic (exact) mass is 232 g/mol. The molecule has 88 valence electrons. The van der Waals surface area contributed by atoms with Crippen molar-refractivity contribution in [3.63, 3.8) is 0 Å². The molecule has 0 aliphatic carbocycles. The van der Waals surface area contributed by atoms with E-state index in [1.54, 1.807) is 0 Å². The van der Waals surface area contributed by atoms with Crippen molar-refractivity contribution in [1.82, 2.24) is 0 Å². The Balaban J connectivity index is 3.98. The summed E-state index contributed by atoms with van der Waals surface area (Å²) in [7, 11) is 0. The molecule has 0 saturated carbocycles. The molecule has 0 aromatic rings. The van der Waals surface area contributed by atoms with Crippen LogP contribution in [-0.2, 0) is 9.59 Å². The first-order valence-corrected chi connectivity index (χ1v) is 5.93. The van der Waals surface area contributed by atoms with Gasteiger partial charge in [-0.1, -0.05) is 32.6 Å². The molecule has 0 saturated heterocycles. The number of thiol groups is 1. The van der Waals surface area contributed by atoms with Gasteiger partial charge >= 0.3 is 5.97 Å². The highest BCUT2D eigenvalue weighted by Gasteiger charge is 2.29. The third-order valence-corrected chi connectivity index (χ3v) is 3.00. The molecule has 4 heteroatoms. The van der Waals surface area contributed by atoms with Crippen LogP contribution in [-0.4, -0.2) is 22.1 Å². The fraction of sp³-hybridized carbons (Fsp3) is 0.818. The van der Waals surface area contributed by atoms with Gasteiger partial charge in [0.05, 0.1) is 0 Å². The van der Waals surface area contributed by atoms with E-state index in [0.29, 0.717) is 6.42 Å². The Morgan fingerprint density at radius 1 is 1.27 bits per heavy atom. The maximum Gasteiger partial charge on any atom is 0.315 e. The molecule has 1 N–H and O–H groups in total. The number of aliphatic carboxylic acids is 1. The molecule has 0 rings (SSSR count). The van der Waals surface area contributed by atoms with Crippen LogP contribution in [0.4, 0.5) is 0 Å². The lowest BCUT2D eigenvalue weighted by atomic mass is 9.96. The Morgan fingerprint density at radius 2 is 1.87 bits per heavy atom. The van der Waals surface area contributed by atoms with Crippen LogP contribution in [0.1, 0.15) is 46.0 Å². The van der Waals surface area contributed by atoms with Crippen LogP contribution in [0.5, 0.6) is 0 Å². The van der Waals surface area contributed by atoms with E-state index in [4.69, 9.17) is 5.11 Å². The third-order valence-electron chi connectivity index (χ3n) is 2.44. The molecule has 0 bridgehead atoms. The lowest BCUT2D eigenvalue weighted by Gasteiger charge is -2.16. The summed E-state index contributed by atoms with van der Waals surface area (Å²) in [4.78, 5) is 21.9. The second kappa shape index (κ2) is 7.74. The van der Waals surface area contributed by atoms with E-state index < -0.39 is 11.9 Å². The van der Waals surface area contributed by atoms with E-state index in [1.165, 1.54) is 6.92 Å². The molecule has 0 aliphatic heterocycles. The number of hydrogen-bond donors (Lipinski definition) is 2. The molecule has 2 unspecified atom stereocenters. The highest BCUT2D eigenvalue weighted by molar-refractivity contribution is 7.81. The van der Waals surface area contributed by atoms with Crippen molar-refractivity contribution in [2.24, 2.45) is 5.92 Å². The fourth-order valence-corrected chi connectivity index (χ4v) is 2.08. The minimum absolute atomic E-state index is 0.307. The lowest BCUT2D eigenvalue weighted by Crippen LogP contribution is -2.30. The molecule has 0 amide bonds. The van der Waals surface area contributed by atoms with Crippen molar-refractivity contribution < 1.29 is 14.7 Å². The van der Waals surface area contributed by atoms with Gasteiger partial charge in [0, 0.05) is 5.25 Å². The van der Waals surface area contributed by atoms with Gasteiger partial charge in [0.1, 0.15) is 11.7 Å². The lowest BCUT2D eigenvalue weighted by molar-refractivity contribution is -0.145. The summed E-state index contributed by atoms with van der Waals surface area (Å²) >= 11 is 4.20. The minimum Gasteiger partial charge on any atom is -0.481 e. The van der Waals surface area contributed by atoms with E-state index in [1.807, 2.05) is 0 Å². The van der Waals surface area contributed by atoms with Gasteiger partial charge in [-0.3, -0.25) is 9.59 Å². The molecule has 0 aromatic carbocycles. The summed E-state index contributed by atoms with van der Waals surface area (Å²) in [5.41, 5.74) is 0. The molecule has 0 fully saturated rings. The number of carbonyl (C=O) groups excluding carboxylic acids is 1. The van der Waals surface area contributed by atoms with Crippen molar-refractivity contribution in [3.05, 3.63) is 0 Å². The number of Topliss-reactive ketones (excluding diaryl/α,β-unsaturated/α-hetero) is 1. The number of ketones is 1. The molecule has 0 radical (unpaired) electrons. The Kier molecular flexibility index (Phi) is 7.48.